The number of nitrogens with one attached hydrogen (secondary N) is 1. The van der Waals surface area contributed by atoms with Crippen molar-refractivity contribution in [2.75, 3.05) is 26.2 Å². The quantitative estimate of drug-likeness (QED) is 0.786. The molecule has 0 aliphatic carbocycles. The van der Waals surface area contributed by atoms with Crippen molar-refractivity contribution in [3.63, 3.8) is 0 Å². The van der Waals surface area contributed by atoms with Crippen molar-refractivity contribution >= 4 is 17.6 Å². The second-order valence-corrected chi connectivity index (χ2v) is 7.08. The molecule has 0 spiro atoms. The number of benzene rings is 2. The Hall–Kier alpha value is -1.88. The molecule has 2 aromatic rings. The number of esters is 1. The SMILES string of the molecule is CC(=O)OCC[C@@H]1CN([C@@H](c2ccccc2)c2ccc(Cl)cc2)CCN1. The number of ether oxygens (including phenoxy) is 1. The maximum absolute atomic E-state index is 11.0. The molecule has 1 saturated heterocycles. The van der Waals surface area contributed by atoms with Crippen LogP contribution in [0.2, 0.25) is 5.02 Å². The summed E-state index contributed by atoms with van der Waals surface area (Å²) in [4.78, 5) is 13.5. The van der Waals surface area contributed by atoms with Gasteiger partial charge in [-0.1, -0.05) is 54.1 Å². The van der Waals surface area contributed by atoms with Crippen LogP contribution in [-0.4, -0.2) is 43.2 Å². The zero-order valence-corrected chi connectivity index (χ0v) is 15.8. The lowest BCUT2D eigenvalue weighted by molar-refractivity contribution is -0.141. The predicted molar refractivity (Wildman–Crippen MR) is 104 cm³/mol. The van der Waals surface area contributed by atoms with Gasteiger partial charge < -0.3 is 10.1 Å². The Morgan fingerprint density at radius 2 is 1.88 bits per heavy atom. The van der Waals surface area contributed by atoms with Gasteiger partial charge in [0, 0.05) is 37.6 Å². The third-order valence-electron chi connectivity index (χ3n) is 4.72. The van der Waals surface area contributed by atoms with Crippen LogP contribution in [-0.2, 0) is 9.53 Å². The van der Waals surface area contributed by atoms with Crippen LogP contribution in [0.25, 0.3) is 0 Å². The van der Waals surface area contributed by atoms with Crippen molar-refractivity contribution in [2.45, 2.75) is 25.4 Å². The average Bonchev–Trinajstić information content (AvgIpc) is 2.65. The van der Waals surface area contributed by atoms with Crippen molar-refractivity contribution in [2.24, 2.45) is 0 Å². The van der Waals surface area contributed by atoms with Crippen molar-refractivity contribution < 1.29 is 9.53 Å². The monoisotopic (exact) mass is 372 g/mol. The minimum absolute atomic E-state index is 0.187. The highest BCUT2D eigenvalue weighted by atomic mass is 35.5. The molecular weight excluding hydrogens is 348 g/mol. The minimum Gasteiger partial charge on any atom is -0.466 e. The van der Waals surface area contributed by atoms with Gasteiger partial charge in [-0.3, -0.25) is 9.69 Å². The molecule has 4 nitrogen and oxygen atoms in total. The predicted octanol–water partition coefficient (Wildman–Crippen LogP) is 3.66. The molecule has 1 aliphatic heterocycles. The van der Waals surface area contributed by atoms with Crippen LogP contribution in [0.5, 0.6) is 0 Å². The van der Waals surface area contributed by atoms with Gasteiger partial charge in [0.15, 0.2) is 0 Å². The lowest BCUT2D eigenvalue weighted by atomic mass is 9.95. The van der Waals surface area contributed by atoms with Crippen LogP contribution in [0.4, 0.5) is 0 Å². The second-order valence-electron chi connectivity index (χ2n) is 6.64. The highest BCUT2D eigenvalue weighted by Crippen LogP contribution is 2.30. The summed E-state index contributed by atoms with van der Waals surface area (Å²) in [5, 5.41) is 4.29. The fraction of sp³-hybridized carbons (Fsp3) is 0.381. The number of hydrogen-bond acceptors (Lipinski definition) is 4. The molecule has 5 heteroatoms. The van der Waals surface area contributed by atoms with Gasteiger partial charge in [0.05, 0.1) is 12.6 Å². The third-order valence-corrected chi connectivity index (χ3v) is 4.98. The van der Waals surface area contributed by atoms with Gasteiger partial charge in [-0.2, -0.15) is 0 Å². The van der Waals surface area contributed by atoms with E-state index in [0.717, 1.165) is 31.1 Å². The number of halogens is 1. The molecule has 26 heavy (non-hydrogen) atoms. The van der Waals surface area contributed by atoms with E-state index < -0.39 is 0 Å². The maximum Gasteiger partial charge on any atom is 0.302 e. The summed E-state index contributed by atoms with van der Waals surface area (Å²) in [7, 11) is 0. The first-order chi connectivity index (χ1) is 12.6. The molecule has 1 N–H and O–H groups in total. The Balaban J connectivity index is 1.78. The van der Waals surface area contributed by atoms with Crippen LogP contribution in [0, 0.1) is 0 Å². The van der Waals surface area contributed by atoms with Crippen molar-refractivity contribution in [3.8, 4) is 0 Å². The highest BCUT2D eigenvalue weighted by Gasteiger charge is 2.27. The molecule has 1 aliphatic rings. The molecule has 2 aromatic carbocycles. The van der Waals surface area contributed by atoms with E-state index >= 15 is 0 Å². The van der Waals surface area contributed by atoms with Crippen molar-refractivity contribution in [3.05, 3.63) is 70.7 Å². The molecule has 0 aromatic heterocycles. The summed E-state index contributed by atoms with van der Waals surface area (Å²) in [6, 6.07) is 19.2. The summed E-state index contributed by atoms with van der Waals surface area (Å²) in [5.41, 5.74) is 2.51. The Labute approximate surface area is 160 Å². The van der Waals surface area contributed by atoms with Crippen LogP contribution in [0.1, 0.15) is 30.5 Å². The van der Waals surface area contributed by atoms with Gasteiger partial charge >= 0.3 is 5.97 Å². The lowest BCUT2D eigenvalue weighted by Crippen LogP contribution is -2.52. The summed E-state index contributed by atoms with van der Waals surface area (Å²) < 4.78 is 5.11. The second kappa shape index (κ2) is 9.17. The third kappa shape index (κ3) is 5.07. The number of hydrogen-bond donors (Lipinski definition) is 1. The first-order valence-electron chi connectivity index (χ1n) is 9.04. The van der Waals surface area contributed by atoms with Gasteiger partial charge in [-0.05, 0) is 29.7 Å². The zero-order valence-electron chi connectivity index (χ0n) is 15.0. The largest absolute Gasteiger partial charge is 0.466 e. The Bertz CT molecular complexity index is 706. The van der Waals surface area contributed by atoms with Crippen LogP contribution >= 0.6 is 11.6 Å². The normalized spacial score (nSPS) is 19.1. The fourth-order valence-corrected chi connectivity index (χ4v) is 3.64. The van der Waals surface area contributed by atoms with E-state index in [-0.39, 0.29) is 12.0 Å². The molecule has 0 saturated carbocycles. The molecule has 138 valence electrons. The molecule has 0 bridgehead atoms. The highest BCUT2D eigenvalue weighted by molar-refractivity contribution is 6.30. The molecule has 3 rings (SSSR count). The summed E-state index contributed by atoms with van der Waals surface area (Å²) in [6.45, 7) is 4.70. The number of carbonyl (C=O) groups excluding carboxylic acids is 1. The average molecular weight is 373 g/mol. The maximum atomic E-state index is 11.0. The van der Waals surface area contributed by atoms with Gasteiger partial charge in [-0.25, -0.2) is 0 Å². The van der Waals surface area contributed by atoms with Gasteiger partial charge in [0.1, 0.15) is 0 Å². The summed E-state index contributed by atoms with van der Waals surface area (Å²) in [6.07, 6.45) is 0.818. The number of nitrogens with zero attached hydrogens (tertiary/aromatic N) is 1. The molecule has 1 heterocycles. The van der Waals surface area contributed by atoms with E-state index in [1.54, 1.807) is 0 Å². The number of rotatable bonds is 6. The molecule has 0 amide bonds. The van der Waals surface area contributed by atoms with E-state index in [0.29, 0.717) is 12.6 Å². The standard InChI is InChI=1S/C21H25ClN2O2/c1-16(25)26-14-11-20-15-24(13-12-23-20)21(17-5-3-2-4-6-17)18-7-9-19(22)10-8-18/h2-10,20-21,23H,11-15H2,1H3/t20-,21+/m1/s1. The van der Waals surface area contributed by atoms with Gasteiger partial charge in [-0.15, -0.1) is 0 Å². The molecule has 0 unspecified atom stereocenters. The van der Waals surface area contributed by atoms with Crippen LogP contribution < -0.4 is 5.32 Å². The smallest absolute Gasteiger partial charge is 0.302 e. The fourth-order valence-electron chi connectivity index (χ4n) is 3.52. The van der Waals surface area contributed by atoms with E-state index in [4.69, 9.17) is 16.3 Å². The molecule has 1 fully saturated rings. The topological polar surface area (TPSA) is 41.6 Å². The first-order valence-corrected chi connectivity index (χ1v) is 9.42. The van der Waals surface area contributed by atoms with E-state index in [2.05, 4.69) is 46.6 Å². The van der Waals surface area contributed by atoms with Crippen LogP contribution in [0.3, 0.4) is 0 Å². The minimum atomic E-state index is -0.221. The number of piperazine rings is 1. The lowest BCUT2D eigenvalue weighted by Gasteiger charge is -2.39. The Morgan fingerprint density at radius 3 is 2.58 bits per heavy atom. The molecular formula is C21H25ClN2O2. The zero-order chi connectivity index (χ0) is 18.4. The Kier molecular flexibility index (Phi) is 6.67. The first kappa shape index (κ1) is 18.9. The van der Waals surface area contributed by atoms with E-state index in [1.807, 2.05) is 18.2 Å². The van der Waals surface area contributed by atoms with Gasteiger partial charge in [0.25, 0.3) is 0 Å². The molecule has 0 radical (unpaired) electrons. The molecule has 2 atom stereocenters. The van der Waals surface area contributed by atoms with Gasteiger partial charge in [0.2, 0.25) is 0 Å². The van der Waals surface area contributed by atoms with Crippen molar-refractivity contribution in [1.29, 1.82) is 0 Å². The summed E-state index contributed by atoms with van der Waals surface area (Å²) in [5.74, 6) is -0.221. The van der Waals surface area contributed by atoms with Crippen molar-refractivity contribution in [1.82, 2.24) is 10.2 Å². The Morgan fingerprint density at radius 1 is 1.19 bits per heavy atom. The van der Waals surface area contributed by atoms with E-state index in [9.17, 15) is 4.79 Å². The van der Waals surface area contributed by atoms with Crippen LogP contribution in [0.15, 0.2) is 54.6 Å². The number of carbonyl (C=O) groups is 1. The summed E-state index contributed by atoms with van der Waals surface area (Å²) >= 11 is 6.09. The van der Waals surface area contributed by atoms with E-state index in [1.165, 1.54) is 18.1 Å².